The van der Waals surface area contributed by atoms with Gasteiger partial charge < -0.3 is 9.63 Å². The maximum Gasteiger partial charge on any atom is 0.273 e. The fourth-order valence-electron chi connectivity index (χ4n) is 1.71. The number of carbonyl (C=O) groups excluding carboxylic acids is 1. The molecule has 6 heteroatoms. The summed E-state index contributed by atoms with van der Waals surface area (Å²) in [6, 6.07) is 1.60. The Bertz CT molecular complexity index is 574. The quantitative estimate of drug-likeness (QED) is 0.864. The first-order valence-electron chi connectivity index (χ1n) is 5.78. The highest BCUT2D eigenvalue weighted by Gasteiger charge is 2.38. The zero-order chi connectivity index (χ0) is 14.4. The fraction of sp³-hybridized carbons (Fsp3) is 0.385. The normalized spacial score (nSPS) is 20.4. The standard InChI is InChI=1S/C13H15ClN2O3/c1-5-13(3,4)8-6-9(15-19-8)16-11(17)7(2)10(14)12(16)18/h5-6,11,17H,1H2,2-4H3. The lowest BCUT2D eigenvalue weighted by Gasteiger charge is -2.18. The topological polar surface area (TPSA) is 66.6 Å². The van der Waals surface area contributed by atoms with Crippen LogP contribution in [0.25, 0.3) is 0 Å². The van der Waals surface area contributed by atoms with Gasteiger partial charge in [0.2, 0.25) is 0 Å². The molecule has 1 atom stereocenters. The van der Waals surface area contributed by atoms with Gasteiger partial charge in [0, 0.05) is 17.1 Å². The summed E-state index contributed by atoms with van der Waals surface area (Å²) in [7, 11) is 0. The number of rotatable bonds is 3. The molecule has 1 N–H and O–H groups in total. The van der Waals surface area contributed by atoms with E-state index in [1.54, 1.807) is 19.1 Å². The van der Waals surface area contributed by atoms with Crippen molar-refractivity contribution < 1.29 is 14.4 Å². The Morgan fingerprint density at radius 2 is 2.26 bits per heavy atom. The summed E-state index contributed by atoms with van der Waals surface area (Å²) in [6.45, 7) is 9.13. The summed E-state index contributed by atoms with van der Waals surface area (Å²) in [5.41, 5.74) is -0.00943. The minimum atomic E-state index is -1.11. The largest absolute Gasteiger partial charge is 0.369 e. The van der Waals surface area contributed by atoms with Crippen LogP contribution in [0, 0.1) is 0 Å². The van der Waals surface area contributed by atoms with Crippen molar-refractivity contribution in [2.24, 2.45) is 0 Å². The van der Waals surface area contributed by atoms with Crippen molar-refractivity contribution in [3.05, 3.63) is 35.1 Å². The Labute approximate surface area is 116 Å². The predicted molar refractivity (Wildman–Crippen MR) is 71.8 cm³/mol. The molecule has 2 heterocycles. The average Bonchev–Trinajstić information content (AvgIpc) is 2.92. The SMILES string of the molecule is C=CC(C)(C)c1cc(N2C(=O)C(Cl)=C(C)C2O)no1. The molecule has 0 fully saturated rings. The van der Waals surface area contributed by atoms with Crippen LogP contribution in [0.2, 0.25) is 0 Å². The van der Waals surface area contributed by atoms with Gasteiger partial charge in [0.1, 0.15) is 10.8 Å². The van der Waals surface area contributed by atoms with Crippen LogP contribution in [-0.4, -0.2) is 22.4 Å². The van der Waals surface area contributed by atoms with E-state index in [1.165, 1.54) is 0 Å². The molecule has 1 aromatic heterocycles. The van der Waals surface area contributed by atoms with Crippen LogP contribution in [0.15, 0.2) is 33.8 Å². The van der Waals surface area contributed by atoms with Gasteiger partial charge in [0.25, 0.3) is 5.91 Å². The second-order valence-corrected chi connectivity index (χ2v) is 5.40. The lowest BCUT2D eigenvalue weighted by Crippen LogP contribution is -2.35. The number of hydrogen-bond donors (Lipinski definition) is 1. The van der Waals surface area contributed by atoms with Gasteiger partial charge in [-0.3, -0.25) is 9.69 Å². The predicted octanol–water partition coefficient (Wildman–Crippen LogP) is 2.32. The summed E-state index contributed by atoms with van der Waals surface area (Å²) in [5, 5.41) is 13.8. The van der Waals surface area contributed by atoms with Crippen molar-refractivity contribution in [2.45, 2.75) is 32.4 Å². The smallest absolute Gasteiger partial charge is 0.273 e. The van der Waals surface area contributed by atoms with Crippen LogP contribution in [0.5, 0.6) is 0 Å². The second-order valence-electron chi connectivity index (χ2n) is 5.02. The Hall–Kier alpha value is -1.59. The van der Waals surface area contributed by atoms with Crippen molar-refractivity contribution in [2.75, 3.05) is 4.90 Å². The highest BCUT2D eigenvalue weighted by molar-refractivity contribution is 6.45. The minimum absolute atomic E-state index is 0.0139. The van der Waals surface area contributed by atoms with E-state index < -0.39 is 17.6 Å². The van der Waals surface area contributed by atoms with Gasteiger partial charge in [-0.1, -0.05) is 22.8 Å². The molecule has 1 aliphatic rings. The first-order valence-corrected chi connectivity index (χ1v) is 6.16. The van der Waals surface area contributed by atoms with Crippen molar-refractivity contribution in [3.8, 4) is 0 Å². The fourth-order valence-corrected chi connectivity index (χ4v) is 1.89. The molecule has 1 aromatic rings. The maximum atomic E-state index is 11.9. The summed E-state index contributed by atoms with van der Waals surface area (Å²) in [5.74, 6) is 0.304. The van der Waals surface area contributed by atoms with Gasteiger partial charge in [-0.15, -0.1) is 6.58 Å². The molecule has 1 aliphatic heterocycles. The van der Waals surface area contributed by atoms with E-state index in [0.29, 0.717) is 11.3 Å². The van der Waals surface area contributed by atoms with E-state index in [9.17, 15) is 9.90 Å². The highest BCUT2D eigenvalue weighted by Crippen LogP contribution is 2.33. The second kappa shape index (κ2) is 4.51. The molecule has 1 unspecified atom stereocenters. The van der Waals surface area contributed by atoms with Gasteiger partial charge in [-0.2, -0.15) is 0 Å². The zero-order valence-corrected chi connectivity index (χ0v) is 11.7. The molecule has 0 radical (unpaired) electrons. The third-order valence-corrected chi connectivity index (χ3v) is 3.73. The van der Waals surface area contributed by atoms with E-state index >= 15 is 0 Å². The summed E-state index contributed by atoms with van der Waals surface area (Å²) < 4.78 is 5.21. The zero-order valence-electron chi connectivity index (χ0n) is 11.0. The van der Waals surface area contributed by atoms with Crippen LogP contribution in [0.3, 0.4) is 0 Å². The molecule has 0 saturated carbocycles. The lowest BCUT2D eigenvalue weighted by atomic mass is 9.91. The van der Waals surface area contributed by atoms with Crippen LogP contribution in [0.4, 0.5) is 5.82 Å². The molecule has 0 aliphatic carbocycles. The molecule has 1 amide bonds. The molecular weight excluding hydrogens is 268 g/mol. The number of aliphatic hydroxyl groups is 1. The van der Waals surface area contributed by atoms with E-state index in [4.69, 9.17) is 16.1 Å². The Balaban J connectivity index is 2.36. The van der Waals surface area contributed by atoms with Crippen molar-refractivity contribution in [1.82, 2.24) is 5.16 Å². The number of amides is 1. The van der Waals surface area contributed by atoms with E-state index in [1.807, 2.05) is 13.8 Å². The van der Waals surface area contributed by atoms with Crippen molar-refractivity contribution >= 4 is 23.3 Å². The third kappa shape index (κ3) is 2.09. The molecular formula is C13H15ClN2O3. The molecule has 5 nitrogen and oxygen atoms in total. The minimum Gasteiger partial charge on any atom is -0.369 e. The summed E-state index contributed by atoms with van der Waals surface area (Å²) in [4.78, 5) is 13.0. The number of aromatic nitrogens is 1. The van der Waals surface area contributed by atoms with Gasteiger partial charge in [-0.25, -0.2) is 0 Å². The van der Waals surface area contributed by atoms with Crippen molar-refractivity contribution in [1.29, 1.82) is 0 Å². The molecule has 0 saturated heterocycles. The lowest BCUT2D eigenvalue weighted by molar-refractivity contribution is -0.115. The van der Waals surface area contributed by atoms with Crippen molar-refractivity contribution in [3.63, 3.8) is 0 Å². The van der Waals surface area contributed by atoms with E-state index in [-0.39, 0.29) is 10.9 Å². The van der Waals surface area contributed by atoms with E-state index in [2.05, 4.69) is 11.7 Å². The molecule has 0 aromatic carbocycles. The molecule has 19 heavy (non-hydrogen) atoms. The molecule has 2 rings (SSSR count). The third-order valence-electron chi connectivity index (χ3n) is 3.27. The number of carbonyl (C=O) groups is 1. The van der Waals surface area contributed by atoms with Crippen LogP contribution in [0.1, 0.15) is 26.5 Å². The maximum absolute atomic E-state index is 11.9. The Kier molecular flexibility index (Phi) is 3.28. The highest BCUT2D eigenvalue weighted by atomic mass is 35.5. The molecule has 102 valence electrons. The van der Waals surface area contributed by atoms with Gasteiger partial charge in [-0.05, 0) is 20.8 Å². The van der Waals surface area contributed by atoms with Crippen LogP contribution in [-0.2, 0) is 10.2 Å². The van der Waals surface area contributed by atoms with Gasteiger partial charge >= 0.3 is 0 Å². The molecule has 0 spiro atoms. The average molecular weight is 283 g/mol. The summed E-state index contributed by atoms with van der Waals surface area (Å²) >= 11 is 5.83. The number of halogens is 1. The number of anilines is 1. The number of nitrogens with zero attached hydrogens (tertiary/aromatic N) is 2. The first kappa shape index (κ1) is 13.8. The Morgan fingerprint density at radius 3 is 2.74 bits per heavy atom. The number of allylic oxidation sites excluding steroid dienone is 1. The van der Waals surface area contributed by atoms with Gasteiger partial charge in [0.05, 0.1) is 0 Å². The molecule has 0 bridgehead atoms. The van der Waals surface area contributed by atoms with Crippen LogP contribution >= 0.6 is 11.6 Å². The summed E-state index contributed by atoms with van der Waals surface area (Å²) in [6.07, 6.45) is 0.612. The van der Waals surface area contributed by atoms with Crippen LogP contribution < -0.4 is 4.90 Å². The number of hydrogen-bond acceptors (Lipinski definition) is 4. The monoisotopic (exact) mass is 282 g/mol. The first-order chi connectivity index (χ1) is 8.79. The van der Waals surface area contributed by atoms with Gasteiger partial charge in [0.15, 0.2) is 12.0 Å². The number of aliphatic hydroxyl groups excluding tert-OH is 1. The Morgan fingerprint density at radius 1 is 1.63 bits per heavy atom. The van der Waals surface area contributed by atoms with E-state index in [0.717, 1.165) is 4.90 Å².